The molecule has 0 atom stereocenters. The Bertz CT molecular complexity index is 1430. The van der Waals surface area contributed by atoms with Crippen LogP contribution in [-0.4, -0.2) is 45.8 Å². The minimum atomic E-state index is -3.71. The summed E-state index contributed by atoms with van der Waals surface area (Å²) in [5.74, 6) is -0.0217. The summed E-state index contributed by atoms with van der Waals surface area (Å²) < 4.78 is 28.7. The summed E-state index contributed by atoms with van der Waals surface area (Å²) in [6.45, 7) is 6.68. The van der Waals surface area contributed by atoms with Gasteiger partial charge in [0.05, 0.1) is 16.0 Å². The molecule has 0 saturated heterocycles. The molecule has 0 aromatic heterocycles. The summed E-state index contributed by atoms with van der Waals surface area (Å²) in [6.07, 6.45) is 2.66. The first-order valence-electron chi connectivity index (χ1n) is 12.9. The first kappa shape index (κ1) is 25.5. The normalized spacial score (nSPS) is 16.4. The van der Waals surface area contributed by atoms with Gasteiger partial charge in [-0.3, -0.25) is 4.79 Å². The van der Waals surface area contributed by atoms with Crippen LogP contribution < -0.4 is 9.80 Å². The minimum Gasteiger partial charge on any atom is -0.341 e. The minimum absolute atomic E-state index is 0.0217. The number of fused-ring (bicyclic) bond motifs is 3. The van der Waals surface area contributed by atoms with Crippen LogP contribution in [0.5, 0.6) is 0 Å². The average molecular weight is 518 g/mol. The van der Waals surface area contributed by atoms with Crippen LogP contribution in [0, 0.1) is 6.92 Å². The van der Waals surface area contributed by atoms with Crippen LogP contribution in [0.2, 0.25) is 0 Å². The number of hydrogen-bond donors (Lipinski definition) is 0. The molecule has 0 bridgehead atoms. The number of aryl methyl sites for hydroxylation is 3. The quantitative estimate of drug-likeness (QED) is 0.451. The molecule has 194 valence electrons. The lowest BCUT2D eigenvalue weighted by molar-refractivity contribution is -0.121. The van der Waals surface area contributed by atoms with Gasteiger partial charge in [0.25, 0.3) is 0 Å². The van der Waals surface area contributed by atoms with Gasteiger partial charge in [-0.2, -0.15) is 0 Å². The van der Waals surface area contributed by atoms with E-state index in [4.69, 9.17) is 0 Å². The van der Waals surface area contributed by atoms with E-state index in [9.17, 15) is 13.2 Å². The van der Waals surface area contributed by atoms with Gasteiger partial charge in [0.1, 0.15) is 0 Å². The van der Waals surface area contributed by atoms with Crippen LogP contribution >= 0.6 is 0 Å². The highest BCUT2D eigenvalue weighted by Gasteiger charge is 2.44. The third kappa shape index (κ3) is 4.24. The summed E-state index contributed by atoms with van der Waals surface area (Å²) in [6, 6.07) is 20.4. The fourth-order valence-corrected chi connectivity index (χ4v) is 7.14. The number of anilines is 3. The standard InChI is InChI=1S/C30H35N3O3S/c1-21-19-24(20-25-28(21)32(5)29(34)30(25,2)3)37(35,36)31(4)17-10-18-33-26-13-8-6-11-22(26)15-16-23-12-7-9-14-27(23)33/h6-9,11-14,19-20H,10,15-18H2,1-5H3. The van der Waals surface area contributed by atoms with E-state index >= 15 is 0 Å². The zero-order valence-corrected chi connectivity index (χ0v) is 23.1. The van der Waals surface area contributed by atoms with Crippen LogP contribution in [0.3, 0.4) is 0 Å². The number of hydrogen-bond acceptors (Lipinski definition) is 4. The van der Waals surface area contributed by atoms with Crippen molar-refractivity contribution in [2.24, 2.45) is 0 Å². The molecule has 1 amide bonds. The largest absolute Gasteiger partial charge is 0.341 e. The summed E-state index contributed by atoms with van der Waals surface area (Å²) in [4.78, 5) is 17.0. The summed E-state index contributed by atoms with van der Waals surface area (Å²) in [5, 5.41) is 0. The highest BCUT2D eigenvalue weighted by atomic mass is 32.2. The lowest BCUT2D eigenvalue weighted by Crippen LogP contribution is -2.33. The molecule has 3 aromatic rings. The predicted octanol–water partition coefficient (Wildman–Crippen LogP) is 5.20. The van der Waals surface area contributed by atoms with E-state index in [0.29, 0.717) is 19.5 Å². The van der Waals surface area contributed by atoms with Gasteiger partial charge < -0.3 is 9.80 Å². The summed E-state index contributed by atoms with van der Waals surface area (Å²) in [7, 11) is -0.319. The van der Waals surface area contributed by atoms with Gasteiger partial charge >= 0.3 is 0 Å². The number of amides is 1. The molecule has 0 spiro atoms. The molecule has 6 nitrogen and oxygen atoms in total. The monoisotopic (exact) mass is 517 g/mol. The number of rotatable bonds is 6. The average Bonchev–Trinajstić information content (AvgIpc) is 2.99. The Hall–Kier alpha value is -3.16. The van der Waals surface area contributed by atoms with Gasteiger partial charge in [0.2, 0.25) is 15.9 Å². The van der Waals surface area contributed by atoms with Crippen molar-refractivity contribution in [3.63, 3.8) is 0 Å². The van der Waals surface area contributed by atoms with Crippen molar-refractivity contribution in [3.05, 3.63) is 82.9 Å². The zero-order chi connectivity index (χ0) is 26.5. The van der Waals surface area contributed by atoms with Crippen molar-refractivity contribution in [1.29, 1.82) is 0 Å². The molecule has 7 heteroatoms. The Morgan fingerprint density at radius 2 is 1.51 bits per heavy atom. The molecule has 2 aliphatic heterocycles. The van der Waals surface area contributed by atoms with Crippen LogP contribution in [0.1, 0.15) is 42.5 Å². The molecule has 0 saturated carbocycles. The second kappa shape index (κ2) is 9.30. The first-order valence-corrected chi connectivity index (χ1v) is 14.3. The highest BCUT2D eigenvalue weighted by Crippen LogP contribution is 2.44. The van der Waals surface area contributed by atoms with E-state index in [-0.39, 0.29) is 10.8 Å². The number of likely N-dealkylation sites (N-methyl/N-ethyl adjacent to an activating group) is 1. The molecule has 0 radical (unpaired) electrons. The number of carbonyl (C=O) groups is 1. The third-order valence-corrected chi connectivity index (χ3v) is 9.75. The SMILES string of the molecule is Cc1cc(S(=O)(=O)N(C)CCCN2c3ccccc3CCc3ccccc32)cc2c1N(C)C(=O)C2(C)C. The Labute approximate surface area is 220 Å². The van der Waals surface area contributed by atoms with E-state index in [0.717, 1.165) is 29.7 Å². The molecule has 0 N–H and O–H groups in total. The second-order valence-corrected chi connectivity index (χ2v) is 12.8. The summed E-state index contributed by atoms with van der Waals surface area (Å²) in [5.41, 5.74) is 6.65. The molecule has 0 unspecified atom stereocenters. The van der Waals surface area contributed by atoms with Gasteiger partial charge in [0.15, 0.2) is 0 Å². The van der Waals surface area contributed by atoms with Crippen molar-refractivity contribution in [2.75, 3.05) is 37.0 Å². The van der Waals surface area contributed by atoms with Crippen molar-refractivity contribution in [2.45, 2.75) is 50.3 Å². The highest BCUT2D eigenvalue weighted by molar-refractivity contribution is 7.89. The maximum absolute atomic E-state index is 13.6. The van der Waals surface area contributed by atoms with Gasteiger partial charge in [-0.15, -0.1) is 0 Å². The maximum Gasteiger partial charge on any atom is 0.242 e. The molecule has 5 rings (SSSR count). The Morgan fingerprint density at radius 3 is 2.11 bits per heavy atom. The smallest absolute Gasteiger partial charge is 0.242 e. The lowest BCUT2D eigenvalue weighted by Gasteiger charge is -2.28. The van der Waals surface area contributed by atoms with Crippen LogP contribution in [0.15, 0.2) is 65.6 Å². The molecule has 3 aromatic carbocycles. The van der Waals surface area contributed by atoms with Crippen molar-refractivity contribution >= 4 is 33.0 Å². The molecule has 37 heavy (non-hydrogen) atoms. The molecular formula is C30H35N3O3S. The maximum atomic E-state index is 13.6. The first-order chi connectivity index (χ1) is 17.5. The van der Waals surface area contributed by atoms with Crippen molar-refractivity contribution in [1.82, 2.24) is 4.31 Å². The van der Waals surface area contributed by atoms with Gasteiger partial charge in [-0.25, -0.2) is 12.7 Å². The number of nitrogens with zero attached hydrogens (tertiary/aromatic N) is 3. The summed E-state index contributed by atoms with van der Waals surface area (Å²) >= 11 is 0. The van der Waals surface area contributed by atoms with E-state index in [1.807, 2.05) is 20.8 Å². The zero-order valence-electron chi connectivity index (χ0n) is 22.3. The Morgan fingerprint density at radius 1 is 0.946 bits per heavy atom. The van der Waals surface area contributed by atoms with Gasteiger partial charge in [-0.1, -0.05) is 36.4 Å². The number of carbonyl (C=O) groups excluding carboxylic acids is 1. The fourth-order valence-electron chi connectivity index (χ4n) is 5.82. The Balaban J connectivity index is 1.38. The third-order valence-electron chi connectivity index (χ3n) is 7.91. The van der Waals surface area contributed by atoms with E-state index in [1.54, 1.807) is 31.1 Å². The molecular weight excluding hydrogens is 482 g/mol. The molecule has 2 heterocycles. The van der Waals surface area contributed by atoms with Crippen LogP contribution in [0.4, 0.5) is 17.1 Å². The Kier molecular flexibility index (Phi) is 6.40. The number of para-hydroxylation sites is 2. The molecule has 0 aliphatic carbocycles. The topological polar surface area (TPSA) is 60.9 Å². The van der Waals surface area contributed by atoms with Gasteiger partial charge in [0, 0.05) is 38.6 Å². The van der Waals surface area contributed by atoms with Crippen LogP contribution in [-0.2, 0) is 33.1 Å². The van der Waals surface area contributed by atoms with E-state index < -0.39 is 15.4 Å². The molecule has 0 fully saturated rings. The second-order valence-electron chi connectivity index (χ2n) is 10.7. The molecule has 2 aliphatic rings. The predicted molar refractivity (Wildman–Crippen MR) is 149 cm³/mol. The number of benzene rings is 3. The van der Waals surface area contributed by atoms with Crippen LogP contribution in [0.25, 0.3) is 0 Å². The lowest BCUT2D eigenvalue weighted by atomic mass is 9.85. The van der Waals surface area contributed by atoms with Gasteiger partial charge in [-0.05, 0) is 86.6 Å². The van der Waals surface area contributed by atoms with Crippen molar-refractivity contribution in [3.8, 4) is 0 Å². The van der Waals surface area contributed by atoms with Crippen molar-refractivity contribution < 1.29 is 13.2 Å². The van der Waals surface area contributed by atoms with E-state index in [2.05, 4.69) is 53.4 Å². The fraction of sp³-hybridized carbons (Fsp3) is 0.367. The number of sulfonamides is 1. The van der Waals surface area contributed by atoms with E-state index in [1.165, 1.54) is 26.8 Å².